The largest absolute Gasteiger partial charge is 0.394 e. The second-order valence-electron chi connectivity index (χ2n) is 6.64. The average molecular weight is 428 g/mol. The molecule has 13 nitrogen and oxygen atoms in total. The highest BCUT2D eigenvalue weighted by Gasteiger charge is 2.50. The van der Waals surface area contributed by atoms with Crippen LogP contribution in [0.2, 0.25) is 0 Å². The first kappa shape index (κ1) is 25.9. The molecule has 2 saturated heterocycles. The Hall–Kier alpha value is -1.10. The van der Waals surface area contributed by atoms with Gasteiger partial charge in [-0.15, -0.1) is 0 Å². The second-order valence-corrected chi connectivity index (χ2v) is 6.64. The van der Waals surface area contributed by atoms with Crippen LogP contribution in [0.15, 0.2) is 0 Å². The summed E-state index contributed by atoms with van der Waals surface area (Å²) in [6.45, 7) is 1.16. The van der Waals surface area contributed by atoms with E-state index < -0.39 is 74.6 Å². The summed E-state index contributed by atoms with van der Waals surface area (Å²) in [5, 5.41) is 76.5. The van der Waals surface area contributed by atoms with Crippen LogP contribution in [-0.4, -0.2) is 127 Å². The van der Waals surface area contributed by atoms with E-state index in [-0.39, 0.29) is 11.6 Å². The maximum absolute atomic E-state index is 9.94. The molecule has 0 aromatic carbocycles. The number of rotatable bonds is 5. The SMILES string of the molecule is CC(=O)C(C)=O.OC[C@H]1O[C@@H](O[C@H]2[C@H](O)[C@@H](O)[C@H](O)O[C@@H]2CO)[C@H](O)[C@@H](O)[C@H]1O. The van der Waals surface area contributed by atoms with Crippen LogP contribution in [-0.2, 0) is 23.8 Å². The van der Waals surface area contributed by atoms with Gasteiger partial charge in [0.05, 0.1) is 13.2 Å². The third-order valence-corrected chi connectivity index (χ3v) is 4.47. The molecule has 2 heterocycles. The Morgan fingerprint density at radius 1 is 0.724 bits per heavy atom. The lowest BCUT2D eigenvalue weighted by atomic mass is 9.97. The topological polar surface area (TPSA) is 224 Å². The highest BCUT2D eigenvalue weighted by atomic mass is 16.7. The zero-order valence-corrected chi connectivity index (χ0v) is 15.8. The summed E-state index contributed by atoms with van der Waals surface area (Å²) in [6, 6.07) is 0. The highest BCUT2D eigenvalue weighted by Crippen LogP contribution is 2.28. The van der Waals surface area contributed by atoms with Crippen molar-refractivity contribution < 1.29 is 64.7 Å². The Bertz CT molecular complexity index is 527. The molecular formula is C16H28O13. The van der Waals surface area contributed by atoms with E-state index in [2.05, 4.69) is 0 Å². The van der Waals surface area contributed by atoms with Crippen molar-refractivity contribution in [1.82, 2.24) is 0 Å². The maximum Gasteiger partial charge on any atom is 0.195 e. The Morgan fingerprint density at radius 2 is 1.24 bits per heavy atom. The molecule has 0 aliphatic carbocycles. The number of carbonyl (C=O) groups excluding carboxylic acids is 2. The molecule has 0 spiro atoms. The Kier molecular flexibility index (Phi) is 10.1. The predicted molar refractivity (Wildman–Crippen MR) is 90.0 cm³/mol. The highest BCUT2D eigenvalue weighted by molar-refractivity contribution is 6.35. The Balaban J connectivity index is 0.000000612. The van der Waals surface area contributed by atoms with Crippen molar-refractivity contribution >= 4 is 11.6 Å². The van der Waals surface area contributed by atoms with Gasteiger partial charge >= 0.3 is 0 Å². The first-order valence-electron chi connectivity index (χ1n) is 8.74. The molecule has 0 aromatic heterocycles. The lowest BCUT2D eigenvalue weighted by Gasteiger charge is -2.45. The van der Waals surface area contributed by atoms with Gasteiger partial charge in [0.15, 0.2) is 24.1 Å². The lowest BCUT2D eigenvalue weighted by Crippen LogP contribution is -2.64. The van der Waals surface area contributed by atoms with E-state index in [1.165, 1.54) is 13.8 Å². The predicted octanol–water partition coefficient (Wildman–Crippen LogP) is -5.23. The third kappa shape index (κ3) is 6.44. The minimum Gasteiger partial charge on any atom is -0.394 e. The minimum atomic E-state index is -1.74. The summed E-state index contributed by atoms with van der Waals surface area (Å²) in [5.41, 5.74) is 0. The van der Waals surface area contributed by atoms with Crippen molar-refractivity contribution in [2.75, 3.05) is 13.2 Å². The molecule has 2 aliphatic rings. The zero-order valence-electron chi connectivity index (χ0n) is 15.8. The van der Waals surface area contributed by atoms with Crippen LogP contribution in [0.1, 0.15) is 13.8 Å². The molecule has 0 radical (unpaired) electrons. The molecule has 2 aliphatic heterocycles. The van der Waals surface area contributed by atoms with Gasteiger partial charge in [0, 0.05) is 13.8 Å². The van der Waals surface area contributed by atoms with Gasteiger partial charge in [-0.3, -0.25) is 9.59 Å². The number of ether oxygens (including phenoxy) is 3. The van der Waals surface area contributed by atoms with Crippen LogP contribution in [0, 0.1) is 0 Å². The van der Waals surface area contributed by atoms with Gasteiger partial charge in [-0.25, -0.2) is 0 Å². The van der Waals surface area contributed by atoms with E-state index >= 15 is 0 Å². The van der Waals surface area contributed by atoms with Crippen molar-refractivity contribution in [2.45, 2.75) is 75.3 Å². The van der Waals surface area contributed by atoms with E-state index in [1.54, 1.807) is 0 Å². The molecule has 0 unspecified atom stereocenters. The third-order valence-electron chi connectivity index (χ3n) is 4.47. The van der Waals surface area contributed by atoms with Crippen molar-refractivity contribution in [3.05, 3.63) is 0 Å². The Morgan fingerprint density at radius 3 is 1.69 bits per heavy atom. The molecule has 2 rings (SSSR count). The van der Waals surface area contributed by atoms with E-state index in [4.69, 9.17) is 19.3 Å². The summed E-state index contributed by atoms with van der Waals surface area (Å²) < 4.78 is 15.3. The fourth-order valence-corrected chi connectivity index (χ4v) is 2.57. The zero-order chi connectivity index (χ0) is 22.5. The van der Waals surface area contributed by atoms with Gasteiger partial charge in [-0.2, -0.15) is 0 Å². The molecule has 0 aromatic rings. The summed E-state index contributed by atoms with van der Waals surface area (Å²) in [5.74, 6) is -0.759. The van der Waals surface area contributed by atoms with Crippen LogP contribution >= 0.6 is 0 Å². The number of ketones is 2. The minimum absolute atomic E-state index is 0.380. The standard InChI is InChI=1S/C12H22O11.C4H6O2/c13-1-3-5(15)6(16)9(19)12(22-3)23-10-4(2-14)21-11(20)8(18)7(10)17;1-3(5)4(2)6/h3-20H,1-2H2;1-2H3/t3-,4-,5+,6+,7-,8-,9-,10-,11-,12+;/m1./s1. The van der Waals surface area contributed by atoms with Crippen LogP contribution in [0.4, 0.5) is 0 Å². The Labute approximate surface area is 165 Å². The van der Waals surface area contributed by atoms with E-state index in [0.717, 1.165) is 0 Å². The van der Waals surface area contributed by atoms with Gasteiger partial charge in [0.25, 0.3) is 0 Å². The lowest BCUT2D eigenvalue weighted by molar-refractivity contribution is -0.355. The van der Waals surface area contributed by atoms with E-state index in [0.29, 0.717) is 0 Å². The van der Waals surface area contributed by atoms with Crippen LogP contribution in [0.5, 0.6) is 0 Å². The normalized spacial score (nSPS) is 42.6. The van der Waals surface area contributed by atoms with Crippen molar-refractivity contribution in [1.29, 1.82) is 0 Å². The van der Waals surface area contributed by atoms with Gasteiger partial charge in [-0.05, 0) is 0 Å². The number of hydrogen-bond acceptors (Lipinski definition) is 13. The molecule has 13 heteroatoms. The second kappa shape index (κ2) is 11.3. The summed E-state index contributed by atoms with van der Waals surface area (Å²) in [4.78, 5) is 19.6. The molecule has 0 amide bonds. The maximum atomic E-state index is 9.94. The van der Waals surface area contributed by atoms with Crippen molar-refractivity contribution in [3.63, 3.8) is 0 Å². The van der Waals surface area contributed by atoms with Gasteiger partial charge in [0.1, 0.15) is 48.8 Å². The van der Waals surface area contributed by atoms with Gasteiger partial charge < -0.3 is 55.1 Å². The number of Topliss-reactive ketones (excluding diaryl/α,β-unsaturated/α-hetero) is 2. The molecule has 29 heavy (non-hydrogen) atoms. The monoisotopic (exact) mass is 428 g/mol. The van der Waals surface area contributed by atoms with Crippen molar-refractivity contribution in [3.8, 4) is 0 Å². The van der Waals surface area contributed by atoms with Crippen LogP contribution in [0.25, 0.3) is 0 Å². The molecule has 10 atom stereocenters. The number of carbonyl (C=O) groups is 2. The average Bonchev–Trinajstić information content (AvgIpc) is 2.68. The molecule has 170 valence electrons. The van der Waals surface area contributed by atoms with Gasteiger partial charge in [-0.1, -0.05) is 0 Å². The quantitative estimate of drug-likeness (QED) is 0.192. The van der Waals surface area contributed by atoms with Crippen molar-refractivity contribution in [2.24, 2.45) is 0 Å². The smallest absolute Gasteiger partial charge is 0.195 e. The van der Waals surface area contributed by atoms with Gasteiger partial charge in [0.2, 0.25) is 0 Å². The molecule has 8 N–H and O–H groups in total. The molecule has 0 saturated carbocycles. The fourth-order valence-electron chi connectivity index (χ4n) is 2.57. The van der Waals surface area contributed by atoms with Crippen LogP contribution < -0.4 is 0 Å². The number of aliphatic hydroxyl groups is 8. The number of aliphatic hydroxyl groups excluding tert-OH is 8. The molecule has 2 fully saturated rings. The van der Waals surface area contributed by atoms with E-state index in [1.807, 2.05) is 0 Å². The first-order valence-corrected chi connectivity index (χ1v) is 8.74. The summed E-state index contributed by atoms with van der Waals surface area (Å²) in [7, 11) is 0. The fraction of sp³-hybridized carbons (Fsp3) is 0.875. The molecule has 0 bridgehead atoms. The summed E-state index contributed by atoms with van der Waals surface area (Å²) in [6.07, 6.45) is -15.6. The molecular weight excluding hydrogens is 400 g/mol. The first-order chi connectivity index (χ1) is 13.5. The van der Waals surface area contributed by atoms with E-state index in [9.17, 15) is 45.3 Å². The number of hydrogen-bond donors (Lipinski definition) is 8. The van der Waals surface area contributed by atoms with Crippen LogP contribution in [0.3, 0.4) is 0 Å². The summed E-state index contributed by atoms with van der Waals surface area (Å²) >= 11 is 0.